The van der Waals surface area contributed by atoms with Crippen LogP contribution in [0.4, 0.5) is 5.69 Å². The Balaban J connectivity index is 1.91. The molecule has 6 rings (SSSR count). The maximum Gasteiger partial charge on any atom is 0.273 e. The number of phenols is 2. The summed E-state index contributed by atoms with van der Waals surface area (Å²) in [6.45, 7) is 0. The Morgan fingerprint density at radius 1 is 0.760 bits per heavy atom. The van der Waals surface area contributed by atoms with Crippen LogP contribution in [-0.2, 0) is 0 Å². The van der Waals surface area contributed by atoms with Crippen LogP contribution in [0.25, 0.3) is 0 Å². The number of hydrogen-bond donors (Lipinski definition) is 2. The number of nitro benzene ring substituents is 1. The minimum Gasteiger partial charge on any atom is -0.508 e. The predicted molar refractivity (Wildman–Crippen MR) is 91.2 cm³/mol. The van der Waals surface area contributed by atoms with Crippen LogP contribution in [0.15, 0.2) is 54.6 Å². The number of rotatable bonds is 1. The van der Waals surface area contributed by atoms with Crippen molar-refractivity contribution in [1.29, 1.82) is 0 Å². The molecule has 5 heteroatoms. The predicted octanol–water partition coefficient (Wildman–Crippen LogP) is 3.99. The zero-order valence-corrected chi connectivity index (χ0v) is 13.0. The van der Waals surface area contributed by atoms with Gasteiger partial charge in [0, 0.05) is 23.5 Å². The summed E-state index contributed by atoms with van der Waals surface area (Å²) >= 11 is 0. The molecule has 3 aliphatic rings. The fourth-order valence-corrected chi connectivity index (χ4v) is 4.43. The highest BCUT2D eigenvalue weighted by Crippen LogP contribution is 2.58. The van der Waals surface area contributed by atoms with Gasteiger partial charge in [-0.05, 0) is 52.1 Å². The average molecular weight is 331 g/mol. The Bertz CT molecular complexity index is 1070. The Morgan fingerprint density at radius 3 is 2.00 bits per heavy atom. The molecule has 0 aromatic heterocycles. The molecule has 0 fully saturated rings. The maximum absolute atomic E-state index is 11.6. The first-order valence-corrected chi connectivity index (χ1v) is 7.99. The van der Waals surface area contributed by atoms with Crippen LogP contribution < -0.4 is 0 Å². The highest BCUT2D eigenvalue weighted by molar-refractivity contribution is 5.72. The van der Waals surface area contributed by atoms with E-state index in [0.29, 0.717) is 5.56 Å². The van der Waals surface area contributed by atoms with E-state index >= 15 is 0 Å². The van der Waals surface area contributed by atoms with E-state index in [2.05, 4.69) is 0 Å². The van der Waals surface area contributed by atoms with Crippen LogP contribution in [0.5, 0.6) is 11.5 Å². The lowest BCUT2D eigenvalue weighted by atomic mass is 9.60. The van der Waals surface area contributed by atoms with Gasteiger partial charge in [0.25, 0.3) is 5.69 Å². The summed E-state index contributed by atoms with van der Waals surface area (Å²) < 4.78 is 0. The number of nitro groups is 1. The van der Waals surface area contributed by atoms with Crippen LogP contribution >= 0.6 is 0 Å². The van der Waals surface area contributed by atoms with Crippen molar-refractivity contribution in [3.05, 3.63) is 98.1 Å². The Labute approximate surface area is 143 Å². The van der Waals surface area contributed by atoms with E-state index in [1.807, 2.05) is 18.2 Å². The lowest BCUT2D eigenvalue weighted by Gasteiger charge is -2.41. The van der Waals surface area contributed by atoms with Gasteiger partial charge in [-0.25, -0.2) is 0 Å². The van der Waals surface area contributed by atoms with Gasteiger partial charge in [-0.3, -0.25) is 10.1 Å². The van der Waals surface area contributed by atoms with Gasteiger partial charge in [-0.15, -0.1) is 0 Å². The summed E-state index contributed by atoms with van der Waals surface area (Å²) in [5, 5.41) is 31.5. The average Bonchev–Trinajstić information content (AvgIpc) is 2.60. The molecule has 0 spiro atoms. The molecule has 3 aromatic carbocycles. The van der Waals surface area contributed by atoms with Crippen LogP contribution in [-0.4, -0.2) is 15.1 Å². The van der Waals surface area contributed by atoms with E-state index in [9.17, 15) is 20.3 Å². The molecule has 0 amide bonds. The van der Waals surface area contributed by atoms with Gasteiger partial charge in [-0.1, -0.05) is 24.3 Å². The fourth-order valence-electron chi connectivity index (χ4n) is 4.43. The first-order chi connectivity index (χ1) is 12.1. The van der Waals surface area contributed by atoms with E-state index in [1.54, 1.807) is 30.3 Å². The highest BCUT2D eigenvalue weighted by Gasteiger charge is 2.44. The maximum atomic E-state index is 11.6. The molecule has 2 N–H and O–H groups in total. The Kier molecular flexibility index (Phi) is 2.58. The molecule has 2 bridgehead atoms. The van der Waals surface area contributed by atoms with E-state index < -0.39 is 0 Å². The largest absolute Gasteiger partial charge is 0.508 e. The summed E-state index contributed by atoms with van der Waals surface area (Å²) in [7, 11) is 0. The van der Waals surface area contributed by atoms with Crippen LogP contribution in [0.2, 0.25) is 0 Å². The van der Waals surface area contributed by atoms with Gasteiger partial charge >= 0.3 is 0 Å². The van der Waals surface area contributed by atoms with Crippen LogP contribution in [0.1, 0.15) is 45.2 Å². The molecule has 0 radical (unpaired) electrons. The third kappa shape index (κ3) is 1.72. The Morgan fingerprint density at radius 2 is 1.36 bits per heavy atom. The van der Waals surface area contributed by atoms with Gasteiger partial charge in [0.15, 0.2) is 0 Å². The molecule has 25 heavy (non-hydrogen) atoms. The summed E-state index contributed by atoms with van der Waals surface area (Å²) in [6.07, 6.45) is 0. The zero-order chi connectivity index (χ0) is 17.3. The molecule has 5 nitrogen and oxygen atoms in total. The molecule has 0 aliphatic heterocycles. The first kappa shape index (κ1) is 14.0. The standard InChI is InChI=1S/C20H13NO4/c22-10-5-7-13-15(8-10)18-12-6-4-11(23)9-16(12)19(13)20-14(18)2-1-3-17(20)21(24)25/h1-9,18-19,22-23H. The zero-order valence-electron chi connectivity index (χ0n) is 13.0. The summed E-state index contributed by atoms with van der Waals surface area (Å²) in [5.41, 5.74) is 5.52. The highest BCUT2D eigenvalue weighted by atomic mass is 16.6. The number of benzene rings is 3. The van der Waals surface area contributed by atoms with Crippen molar-refractivity contribution in [2.45, 2.75) is 11.8 Å². The molecule has 122 valence electrons. The smallest absolute Gasteiger partial charge is 0.273 e. The monoisotopic (exact) mass is 331 g/mol. The lowest BCUT2D eigenvalue weighted by molar-refractivity contribution is -0.385. The molecular weight excluding hydrogens is 318 g/mol. The second-order valence-corrected chi connectivity index (χ2v) is 6.53. The molecule has 2 unspecified atom stereocenters. The summed E-state index contributed by atoms with van der Waals surface area (Å²) in [6, 6.07) is 15.5. The van der Waals surface area contributed by atoms with Crippen molar-refractivity contribution in [1.82, 2.24) is 0 Å². The molecule has 2 atom stereocenters. The van der Waals surface area contributed by atoms with Gasteiger partial charge in [0.05, 0.1) is 4.92 Å². The number of phenolic OH excluding ortho intramolecular Hbond substituents is 2. The topological polar surface area (TPSA) is 83.6 Å². The molecule has 0 saturated heterocycles. The summed E-state index contributed by atoms with van der Waals surface area (Å²) in [4.78, 5) is 11.3. The van der Waals surface area contributed by atoms with Crippen molar-refractivity contribution >= 4 is 5.69 Å². The van der Waals surface area contributed by atoms with E-state index in [0.717, 1.165) is 27.8 Å². The van der Waals surface area contributed by atoms with Crippen molar-refractivity contribution < 1.29 is 15.1 Å². The third-order valence-corrected chi connectivity index (χ3v) is 5.30. The van der Waals surface area contributed by atoms with Crippen LogP contribution in [0.3, 0.4) is 0 Å². The van der Waals surface area contributed by atoms with Crippen LogP contribution in [0, 0.1) is 10.1 Å². The first-order valence-electron chi connectivity index (χ1n) is 7.99. The number of aromatic hydroxyl groups is 2. The van der Waals surface area contributed by atoms with Crippen molar-refractivity contribution in [2.24, 2.45) is 0 Å². The van der Waals surface area contributed by atoms with Crippen molar-refractivity contribution in [2.75, 3.05) is 0 Å². The third-order valence-electron chi connectivity index (χ3n) is 5.30. The van der Waals surface area contributed by atoms with Crippen molar-refractivity contribution in [3.8, 4) is 11.5 Å². The molecule has 0 heterocycles. The normalized spacial score (nSPS) is 19.0. The second-order valence-electron chi connectivity index (χ2n) is 6.53. The van der Waals surface area contributed by atoms with Gasteiger partial charge < -0.3 is 10.2 Å². The summed E-state index contributed by atoms with van der Waals surface area (Å²) in [5.74, 6) is -0.178. The van der Waals surface area contributed by atoms with E-state index in [-0.39, 0.29) is 33.9 Å². The molecule has 3 aliphatic carbocycles. The quantitative estimate of drug-likeness (QED) is 0.359. The molecule has 0 saturated carbocycles. The van der Waals surface area contributed by atoms with E-state index in [1.165, 1.54) is 6.07 Å². The van der Waals surface area contributed by atoms with Gasteiger partial charge in [0.2, 0.25) is 0 Å². The number of hydrogen-bond acceptors (Lipinski definition) is 4. The van der Waals surface area contributed by atoms with Gasteiger partial charge in [-0.2, -0.15) is 0 Å². The lowest BCUT2D eigenvalue weighted by Crippen LogP contribution is -2.28. The molecular formula is C20H13NO4. The second kappa shape index (κ2) is 4.60. The SMILES string of the molecule is O=[N+]([O-])c1cccc2c1C1c3ccc(O)cc3C2c2ccc(O)cc21. The fraction of sp³-hybridized carbons (Fsp3) is 0.100. The minimum atomic E-state index is -0.345. The molecule has 3 aromatic rings. The number of nitrogens with zero attached hydrogens (tertiary/aromatic N) is 1. The van der Waals surface area contributed by atoms with E-state index in [4.69, 9.17) is 0 Å². The van der Waals surface area contributed by atoms with Gasteiger partial charge in [0.1, 0.15) is 11.5 Å². The Hall–Kier alpha value is -3.34. The minimum absolute atomic E-state index is 0.0974. The van der Waals surface area contributed by atoms with Crippen molar-refractivity contribution in [3.63, 3.8) is 0 Å².